The van der Waals surface area contributed by atoms with Gasteiger partial charge in [-0.2, -0.15) is 0 Å². The lowest BCUT2D eigenvalue weighted by molar-refractivity contribution is 0.0928. The second kappa shape index (κ2) is 11.6. The fraction of sp³-hybridized carbons (Fsp3) is 0.188. The molecule has 0 aromatic heterocycles. The molecule has 0 saturated heterocycles. The van der Waals surface area contributed by atoms with Crippen molar-refractivity contribution in [2.45, 2.75) is 32.2 Å². The first kappa shape index (κ1) is 26.2. The van der Waals surface area contributed by atoms with E-state index in [9.17, 15) is 18.0 Å². The summed E-state index contributed by atoms with van der Waals surface area (Å²) in [6, 6.07) is 23.2. The Hall–Kier alpha value is -4.39. The number of amidine groups is 1. The summed E-state index contributed by atoms with van der Waals surface area (Å²) < 4.78 is 42.9. The van der Waals surface area contributed by atoms with Gasteiger partial charge in [0.05, 0.1) is 11.9 Å². The number of hydrogen-bond donors (Lipinski definition) is 2. The maximum absolute atomic E-state index is 14.9. The normalized spacial score (nSPS) is 14.7. The van der Waals surface area contributed by atoms with Gasteiger partial charge in [-0.15, -0.1) is 0 Å². The van der Waals surface area contributed by atoms with Crippen LogP contribution in [0.4, 0.5) is 18.9 Å². The Morgan fingerprint density at radius 1 is 0.897 bits per heavy atom. The number of benzene rings is 4. The summed E-state index contributed by atoms with van der Waals surface area (Å²) in [6.45, 7) is 2.41. The number of halogens is 3. The number of carbonyl (C=O) groups is 1. The van der Waals surface area contributed by atoms with Crippen molar-refractivity contribution >= 4 is 17.4 Å². The van der Waals surface area contributed by atoms with E-state index in [2.05, 4.69) is 15.6 Å². The van der Waals surface area contributed by atoms with Crippen molar-refractivity contribution < 1.29 is 18.0 Å². The standard InChI is InChI=1S/C32H28F3N3O/c1-20(36-16-15-21-7-11-25(33)12-8-21)37-26-13-9-23-10-14-30(27(23)19-26)38-32(39)31-28(34)17-24(18-29(31)35)22-5-3-2-4-6-22/h2-9,11-13,17-19,30H,10,14-16H2,1H3,(H,36,37)(H,38,39)/t30-/m1/s1. The Balaban J connectivity index is 1.25. The maximum atomic E-state index is 14.9. The second-order valence-corrected chi connectivity index (χ2v) is 9.63. The number of amides is 1. The minimum atomic E-state index is -0.896. The van der Waals surface area contributed by atoms with Crippen LogP contribution in [-0.4, -0.2) is 18.3 Å². The van der Waals surface area contributed by atoms with E-state index in [4.69, 9.17) is 0 Å². The number of carbonyl (C=O) groups excluding carboxylic acids is 1. The van der Waals surface area contributed by atoms with Crippen molar-refractivity contribution in [1.82, 2.24) is 5.32 Å². The Morgan fingerprint density at radius 3 is 2.33 bits per heavy atom. The second-order valence-electron chi connectivity index (χ2n) is 9.63. The largest absolute Gasteiger partial charge is 0.345 e. The molecule has 198 valence electrons. The van der Waals surface area contributed by atoms with Crippen LogP contribution in [0.5, 0.6) is 0 Å². The van der Waals surface area contributed by atoms with E-state index in [0.717, 1.165) is 34.6 Å². The molecule has 0 heterocycles. The Kier molecular flexibility index (Phi) is 7.77. The van der Waals surface area contributed by atoms with Gasteiger partial charge in [-0.1, -0.05) is 48.5 Å². The predicted octanol–water partition coefficient (Wildman–Crippen LogP) is 7.26. The van der Waals surface area contributed by atoms with Crippen LogP contribution in [-0.2, 0) is 12.8 Å². The van der Waals surface area contributed by atoms with Crippen molar-refractivity contribution in [1.29, 1.82) is 0 Å². The monoisotopic (exact) mass is 527 g/mol. The molecule has 39 heavy (non-hydrogen) atoms. The first-order chi connectivity index (χ1) is 18.9. The molecule has 4 nitrogen and oxygen atoms in total. The Morgan fingerprint density at radius 2 is 1.62 bits per heavy atom. The molecule has 1 aliphatic carbocycles. The van der Waals surface area contributed by atoms with Gasteiger partial charge in [0, 0.05) is 12.2 Å². The minimum absolute atomic E-state index is 0.262. The molecule has 0 unspecified atom stereocenters. The number of rotatable bonds is 7. The van der Waals surface area contributed by atoms with E-state index in [0.29, 0.717) is 30.5 Å². The van der Waals surface area contributed by atoms with Crippen molar-refractivity contribution in [3.8, 4) is 11.1 Å². The van der Waals surface area contributed by atoms with E-state index in [1.807, 2.05) is 31.2 Å². The molecule has 4 aromatic carbocycles. The van der Waals surface area contributed by atoms with Gasteiger partial charge in [-0.05, 0) is 90.4 Å². The van der Waals surface area contributed by atoms with E-state index >= 15 is 0 Å². The SMILES string of the molecule is CC(=NCCc1ccc(F)cc1)Nc1ccc2c(c1)[C@H](NC(=O)c1c(F)cc(-c3ccccc3)cc1F)CC2. The summed E-state index contributed by atoms with van der Waals surface area (Å²) in [7, 11) is 0. The summed E-state index contributed by atoms with van der Waals surface area (Å²) in [6.07, 6.45) is 2.08. The average Bonchev–Trinajstić information content (AvgIpc) is 3.31. The topological polar surface area (TPSA) is 53.5 Å². The molecule has 7 heteroatoms. The number of nitrogens with zero attached hydrogens (tertiary/aromatic N) is 1. The third kappa shape index (κ3) is 6.20. The predicted molar refractivity (Wildman–Crippen MR) is 148 cm³/mol. The molecule has 0 aliphatic heterocycles. The van der Waals surface area contributed by atoms with Gasteiger partial charge in [-0.25, -0.2) is 13.2 Å². The third-order valence-electron chi connectivity index (χ3n) is 6.89. The van der Waals surface area contributed by atoms with Gasteiger partial charge in [-0.3, -0.25) is 9.79 Å². The molecule has 0 spiro atoms. The van der Waals surface area contributed by atoms with E-state index in [1.54, 1.807) is 36.4 Å². The summed E-state index contributed by atoms with van der Waals surface area (Å²) in [5.41, 5.74) is 4.27. The van der Waals surface area contributed by atoms with E-state index in [-0.39, 0.29) is 11.9 Å². The smallest absolute Gasteiger partial charge is 0.257 e. The van der Waals surface area contributed by atoms with Gasteiger partial charge in [0.1, 0.15) is 23.0 Å². The molecule has 1 atom stereocenters. The highest BCUT2D eigenvalue weighted by atomic mass is 19.1. The van der Waals surface area contributed by atoms with Gasteiger partial charge in [0.25, 0.3) is 5.91 Å². The molecule has 5 rings (SSSR count). The molecular formula is C32H28F3N3O. The van der Waals surface area contributed by atoms with Crippen molar-refractivity contribution in [2.75, 3.05) is 11.9 Å². The lowest BCUT2D eigenvalue weighted by Gasteiger charge is -2.17. The molecule has 0 fully saturated rings. The lowest BCUT2D eigenvalue weighted by Crippen LogP contribution is -2.29. The fourth-order valence-corrected chi connectivity index (χ4v) is 4.90. The first-order valence-electron chi connectivity index (χ1n) is 12.9. The molecular weight excluding hydrogens is 499 g/mol. The van der Waals surface area contributed by atoms with Crippen LogP contribution < -0.4 is 10.6 Å². The van der Waals surface area contributed by atoms with Crippen LogP contribution in [0.2, 0.25) is 0 Å². The fourth-order valence-electron chi connectivity index (χ4n) is 4.90. The zero-order valence-electron chi connectivity index (χ0n) is 21.5. The van der Waals surface area contributed by atoms with Crippen LogP contribution in [0.15, 0.2) is 89.9 Å². The zero-order valence-corrected chi connectivity index (χ0v) is 21.5. The molecule has 0 bridgehead atoms. The molecule has 1 aliphatic rings. The number of nitrogens with one attached hydrogen (secondary N) is 2. The summed E-state index contributed by atoms with van der Waals surface area (Å²) in [4.78, 5) is 17.5. The van der Waals surface area contributed by atoms with Crippen LogP contribution >= 0.6 is 0 Å². The van der Waals surface area contributed by atoms with Crippen LogP contribution in [0.25, 0.3) is 11.1 Å². The maximum Gasteiger partial charge on any atom is 0.257 e. The van der Waals surface area contributed by atoms with Crippen molar-refractivity contribution in [3.63, 3.8) is 0 Å². The average molecular weight is 528 g/mol. The summed E-state index contributed by atoms with van der Waals surface area (Å²) in [5.74, 6) is -2.11. The minimum Gasteiger partial charge on any atom is -0.345 e. The van der Waals surface area contributed by atoms with Gasteiger partial charge < -0.3 is 10.6 Å². The number of anilines is 1. The van der Waals surface area contributed by atoms with Crippen molar-refractivity contribution in [3.05, 3.63) is 125 Å². The number of aryl methyl sites for hydroxylation is 1. The van der Waals surface area contributed by atoms with E-state index in [1.165, 1.54) is 24.3 Å². The van der Waals surface area contributed by atoms with Crippen LogP contribution in [0.3, 0.4) is 0 Å². The molecule has 0 saturated carbocycles. The number of hydrogen-bond acceptors (Lipinski definition) is 2. The molecule has 1 amide bonds. The van der Waals surface area contributed by atoms with Crippen LogP contribution in [0, 0.1) is 17.5 Å². The molecule has 4 aromatic rings. The summed E-state index contributed by atoms with van der Waals surface area (Å²) >= 11 is 0. The third-order valence-corrected chi connectivity index (χ3v) is 6.89. The van der Waals surface area contributed by atoms with Gasteiger partial charge >= 0.3 is 0 Å². The number of fused-ring (bicyclic) bond motifs is 1. The van der Waals surface area contributed by atoms with Crippen molar-refractivity contribution in [2.24, 2.45) is 4.99 Å². The Bertz CT molecular complexity index is 1490. The highest BCUT2D eigenvalue weighted by Crippen LogP contribution is 2.34. The molecule has 0 radical (unpaired) electrons. The quantitative estimate of drug-likeness (QED) is 0.196. The number of aliphatic imine (C=N–C) groups is 1. The lowest BCUT2D eigenvalue weighted by atomic mass is 10.0. The Labute approximate surface area is 225 Å². The zero-order chi connectivity index (χ0) is 27.4. The van der Waals surface area contributed by atoms with E-state index < -0.39 is 23.1 Å². The van der Waals surface area contributed by atoms with Gasteiger partial charge in [0.15, 0.2) is 0 Å². The van der Waals surface area contributed by atoms with Gasteiger partial charge in [0.2, 0.25) is 0 Å². The first-order valence-corrected chi connectivity index (χ1v) is 12.9. The summed E-state index contributed by atoms with van der Waals surface area (Å²) in [5, 5.41) is 6.10. The highest BCUT2D eigenvalue weighted by molar-refractivity contribution is 5.96. The molecule has 2 N–H and O–H groups in total. The highest BCUT2D eigenvalue weighted by Gasteiger charge is 2.27. The van der Waals surface area contributed by atoms with Crippen LogP contribution in [0.1, 0.15) is 46.4 Å².